The zero-order valence-electron chi connectivity index (χ0n) is 24.2. The third-order valence-electron chi connectivity index (χ3n) is 7.19. The number of piperidine rings is 1. The van der Waals surface area contributed by atoms with Crippen molar-refractivity contribution in [1.29, 1.82) is 0 Å². The van der Waals surface area contributed by atoms with Gasteiger partial charge in [-0.1, -0.05) is 0 Å². The van der Waals surface area contributed by atoms with Crippen LogP contribution < -0.4 is 5.32 Å². The molecule has 42 heavy (non-hydrogen) atoms. The van der Waals surface area contributed by atoms with Crippen LogP contribution in [0.3, 0.4) is 0 Å². The summed E-state index contributed by atoms with van der Waals surface area (Å²) in [5.41, 5.74) is 1.38. The van der Waals surface area contributed by atoms with Gasteiger partial charge in [0.2, 0.25) is 10.0 Å². The van der Waals surface area contributed by atoms with Gasteiger partial charge >= 0.3 is 12.1 Å². The van der Waals surface area contributed by atoms with Crippen molar-refractivity contribution in [1.82, 2.24) is 14.1 Å². The van der Waals surface area contributed by atoms with E-state index in [1.807, 2.05) is 0 Å². The first-order chi connectivity index (χ1) is 20.0. The molecule has 228 valence electrons. The quantitative estimate of drug-likeness (QED) is 0.444. The van der Waals surface area contributed by atoms with Crippen LogP contribution in [-0.4, -0.2) is 93.3 Å². The van der Waals surface area contributed by atoms with Crippen molar-refractivity contribution in [2.24, 2.45) is 5.92 Å². The number of fused-ring (bicyclic) bond motifs is 1. The molecule has 3 heterocycles. The van der Waals surface area contributed by atoms with Crippen LogP contribution in [0.1, 0.15) is 57.8 Å². The van der Waals surface area contributed by atoms with Crippen molar-refractivity contribution in [3.8, 4) is 0 Å². The first kappa shape index (κ1) is 31.4. The standard InChI is InChI=1S/C28H36N4O8S2/c1-5-39-27(35)19-8-7-14-32(16-19)42(37,38)20-11-9-18(10-12-20)24(33)29-25-23(26(34)30(3)4)21-13-15-31(17-22(21)41-25)28(36)40-6-2/h9-12,19H,5-8,13-17H2,1-4H3,(H,29,33). The van der Waals surface area contributed by atoms with Crippen LogP contribution in [-0.2, 0) is 37.3 Å². The number of carbonyl (C=O) groups is 4. The Kier molecular flexibility index (Phi) is 9.89. The molecule has 1 saturated heterocycles. The summed E-state index contributed by atoms with van der Waals surface area (Å²) >= 11 is 1.23. The van der Waals surface area contributed by atoms with Gasteiger partial charge in [-0.25, -0.2) is 13.2 Å². The molecule has 0 aliphatic carbocycles. The van der Waals surface area contributed by atoms with Gasteiger partial charge in [0, 0.05) is 44.2 Å². The van der Waals surface area contributed by atoms with E-state index in [-0.39, 0.29) is 42.7 Å². The fourth-order valence-electron chi connectivity index (χ4n) is 5.03. The monoisotopic (exact) mass is 620 g/mol. The number of thiophene rings is 1. The SMILES string of the molecule is CCOC(=O)C1CCCN(S(=O)(=O)c2ccc(C(=O)Nc3sc4c(c3C(=O)N(C)C)CCN(C(=O)OCC)C4)cc2)C1. The highest BCUT2D eigenvalue weighted by atomic mass is 32.2. The highest BCUT2D eigenvalue weighted by molar-refractivity contribution is 7.89. The van der Waals surface area contributed by atoms with E-state index >= 15 is 0 Å². The van der Waals surface area contributed by atoms with Crippen LogP contribution in [0.4, 0.5) is 9.80 Å². The summed E-state index contributed by atoms with van der Waals surface area (Å²) in [5, 5.41) is 3.19. The number of hydrogen-bond acceptors (Lipinski definition) is 9. The molecular weight excluding hydrogens is 584 g/mol. The number of anilines is 1. The van der Waals surface area contributed by atoms with E-state index < -0.39 is 33.9 Å². The zero-order valence-corrected chi connectivity index (χ0v) is 25.8. The van der Waals surface area contributed by atoms with E-state index in [0.29, 0.717) is 42.9 Å². The van der Waals surface area contributed by atoms with Gasteiger partial charge in [-0.2, -0.15) is 4.31 Å². The maximum atomic E-state index is 13.3. The molecule has 0 bridgehead atoms. The van der Waals surface area contributed by atoms with Crippen molar-refractivity contribution >= 4 is 50.2 Å². The Balaban J connectivity index is 1.52. The Hall–Kier alpha value is -3.49. The molecule has 0 spiro atoms. The summed E-state index contributed by atoms with van der Waals surface area (Å²) in [6.07, 6.45) is 1.11. The summed E-state index contributed by atoms with van der Waals surface area (Å²) < 4.78 is 38.1. The number of sulfonamides is 1. The fraction of sp³-hybridized carbons (Fsp3) is 0.500. The summed E-state index contributed by atoms with van der Waals surface area (Å²) in [6.45, 7) is 4.92. The summed E-state index contributed by atoms with van der Waals surface area (Å²) in [4.78, 5) is 54.6. The Labute approximate surface area is 249 Å². The second kappa shape index (κ2) is 13.2. The minimum Gasteiger partial charge on any atom is -0.466 e. The van der Waals surface area contributed by atoms with Crippen molar-refractivity contribution in [3.05, 3.63) is 45.8 Å². The Bertz CT molecular complexity index is 1450. The highest BCUT2D eigenvalue weighted by Gasteiger charge is 2.35. The molecule has 1 aromatic carbocycles. The summed E-state index contributed by atoms with van der Waals surface area (Å²) in [5.74, 6) is -1.69. The average molecular weight is 621 g/mol. The van der Waals surface area contributed by atoms with Gasteiger partial charge in [0.25, 0.3) is 11.8 Å². The van der Waals surface area contributed by atoms with Gasteiger partial charge < -0.3 is 24.6 Å². The van der Waals surface area contributed by atoms with Gasteiger partial charge in [-0.05, 0) is 62.9 Å². The normalized spacial score (nSPS) is 17.2. The zero-order chi connectivity index (χ0) is 30.6. The highest BCUT2D eigenvalue weighted by Crippen LogP contribution is 2.38. The smallest absolute Gasteiger partial charge is 0.410 e. The average Bonchev–Trinajstić information content (AvgIpc) is 3.33. The molecule has 4 rings (SSSR count). The summed E-state index contributed by atoms with van der Waals surface area (Å²) in [7, 11) is -0.633. The number of hydrogen-bond donors (Lipinski definition) is 1. The minimum absolute atomic E-state index is 0.0117. The molecule has 2 aliphatic heterocycles. The molecule has 0 saturated carbocycles. The largest absolute Gasteiger partial charge is 0.466 e. The minimum atomic E-state index is -3.89. The number of rotatable bonds is 8. The predicted octanol–water partition coefficient (Wildman–Crippen LogP) is 3.18. The maximum absolute atomic E-state index is 13.3. The lowest BCUT2D eigenvalue weighted by Gasteiger charge is -2.30. The number of carbonyl (C=O) groups excluding carboxylic acids is 4. The van der Waals surface area contributed by atoms with Crippen LogP contribution in [0.5, 0.6) is 0 Å². The van der Waals surface area contributed by atoms with Crippen molar-refractivity contribution in [2.45, 2.75) is 44.6 Å². The molecule has 1 aromatic heterocycles. The molecule has 14 heteroatoms. The molecule has 1 unspecified atom stereocenters. The van der Waals surface area contributed by atoms with Gasteiger partial charge in [0.05, 0.1) is 36.1 Å². The molecule has 1 N–H and O–H groups in total. The lowest BCUT2D eigenvalue weighted by molar-refractivity contribution is -0.149. The van der Waals surface area contributed by atoms with E-state index in [9.17, 15) is 27.6 Å². The number of ether oxygens (including phenoxy) is 2. The number of nitrogens with zero attached hydrogens (tertiary/aromatic N) is 3. The first-order valence-corrected chi connectivity index (χ1v) is 16.1. The van der Waals surface area contributed by atoms with E-state index in [1.54, 1.807) is 32.8 Å². The second-order valence-electron chi connectivity index (χ2n) is 10.2. The molecule has 2 aromatic rings. The third kappa shape index (κ3) is 6.60. The molecule has 1 atom stereocenters. The number of amides is 3. The van der Waals surface area contributed by atoms with Gasteiger partial charge in [-0.3, -0.25) is 14.4 Å². The lowest BCUT2D eigenvalue weighted by atomic mass is 10.0. The van der Waals surface area contributed by atoms with Gasteiger partial charge in [0.15, 0.2) is 0 Å². The fourth-order valence-corrected chi connectivity index (χ4v) is 7.80. The van der Waals surface area contributed by atoms with Crippen LogP contribution >= 0.6 is 11.3 Å². The third-order valence-corrected chi connectivity index (χ3v) is 10.2. The Morgan fingerprint density at radius 3 is 2.38 bits per heavy atom. The Morgan fingerprint density at radius 2 is 1.74 bits per heavy atom. The van der Waals surface area contributed by atoms with Crippen molar-refractivity contribution in [3.63, 3.8) is 0 Å². The van der Waals surface area contributed by atoms with E-state index in [1.165, 1.54) is 44.8 Å². The molecule has 12 nitrogen and oxygen atoms in total. The molecule has 3 amide bonds. The number of benzene rings is 1. The topological polar surface area (TPSA) is 143 Å². The second-order valence-corrected chi connectivity index (χ2v) is 13.3. The van der Waals surface area contributed by atoms with Crippen molar-refractivity contribution in [2.75, 3.05) is 52.3 Å². The van der Waals surface area contributed by atoms with Crippen LogP contribution in [0.15, 0.2) is 29.2 Å². The van der Waals surface area contributed by atoms with Crippen LogP contribution in [0.2, 0.25) is 0 Å². The molecule has 1 fully saturated rings. The van der Waals surface area contributed by atoms with E-state index in [0.717, 1.165) is 10.4 Å². The van der Waals surface area contributed by atoms with Gasteiger partial charge in [0.1, 0.15) is 5.00 Å². The van der Waals surface area contributed by atoms with Crippen molar-refractivity contribution < 1.29 is 37.1 Å². The van der Waals surface area contributed by atoms with Crippen LogP contribution in [0.25, 0.3) is 0 Å². The van der Waals surface area contributed by atoms with Crippen LogP contribution in [0, 0.1) is 5.92 Å². The van der Waals surface area contributed by atoms with E-state index in [2.05, 4.69) is 5.32 Å². The Morgan fingerprint density at radius 1 is 1.05 bits per heavy atom. The van der Waals surface area contributed by atoms with Gasteiger partial charge in [-0.15, -0.1) is 11.3 Å². The van der Waals surface area contributed by atoms with E-state index in [4.69, 9.17) is 9.47 Å². The number of esters is 1. The number of nitrogens with one attached hydrogen (secondary N) is 1. The first-order valence-electron chi connectivity index (χ1n) is 13.8. The lowest BCUT2D eigenvalue weighted by Crippen LogP contribution is -2.42. The predicted molar refractivity (Wildman–Crippen MR) is 156 cm³/mol. The summed E-state index contributed by atoms with van der Waals surface area (Å²) in [6, 6.07) is 5.55. The maximum Gasteiger partial charge on any atom is 0.410 e. The molecule has 2 aliphatic rings. The molecule has 0 radical (unpaired) electrons. The molecular formula is C28H36N4O8S2.